The Bertz CT molecular complexity index is 927. The second-order valence-corrected chi connectivity index (χ2v) is 6.14. The molecule has 0 radical (unpaired) electrons. The summed E-state index contributed by atoms with van der Waals surface area (Å²) in [5, 5.41) is 6.13. The number of nitrogens with zero attached hydrogens (tertiary/aromatic N) is 1. The van der Waals surface area contributed by atoms with Crippen LogP contribution in [0.25, 0.3) is 0 Å². The van der Waals surface area contributed by atoms with E-state index >= 15 is 0 Å². The Labute approximate surface area is 157 Å². The van der Waals surface area contributed by atoms with Crippen molar-refractivity contribution in [2.45, 2.75) is 13.1 Å². The van der Waals surface area contributed by atoms with Crippen LogP contribution >= 0.6 is 0 Å². The Hall–Kier alpha value is -3.54. The number of rotatable bonds is 6. The highest BCUT2D eigenvalue weighted by Crippen LogP contribution is 2.32. The van der Waals surface area contributed by atoms with Gasteiger partial charge in [-0.15, -0.1) is 0 Å². The third kappa shape index (κ3) is 4.17. The molecule has 1 aromatic heterocycles. The van der Waals surface area contributed by atoms with Gasteiger partial charge in [-0.2, -0.15) is 0 Å². The molecular formula is C21H19N3O3. The van der Waals surface area contributed by atoms with Crippen molar-refractivity contribution in [1.29, 1.82) is 0 Å². The van der Waals surface area contributed by atoms with Crippen LogP contribution in [-0.4, -0.2) is 17.7 Å². The van der Waals surface area contributed by atoms with Crippen LogP contribution < -0.4 is 20.1 Å². The third-order valence-corrected chi connectivity index (χ3v) is 4.23. The maximum Gasteiger partial charge on any atom is 0.253 e. The molecule has 6 heteroatoms. The maximum absolute atomic E-state index is 12.2. The number of benzene rings is 2. The summed E-state index contributed by atoms with van der Waals surface area (Å²) in [6, 6.07) is 19.2. The summed E-state index contributed by atoms with van der Waals surface area (Å²) in [5.74, 6) is 2.08. The molecule has 1 aliphatic heterocycles. The first-order valence-electron chi connectivity index (χ1n) is 8.68. The lowest BCUT2D eigenvalue weighted by Crippen LogP contribution is -2.22. The summed E-state index contributed by atoms with van der Waals surface area (Å²) in [7, 11) is 0. The van der Waals surface area contributed by atoms with E-state index in [0.29, 0.717) is 24.5 Å². The van der Waals surface area contributed by atoms with Crippen LogP contribution in [0.4, 0.5) is 5.82 Å². The molecule has 2 aromatic carbocycles. The summed E-state index contributed by atoms with van der Waals surface area (Å²) < 4.78 is 10.7. The van der Waals surface area contributed by atoms with E-state index in [-0.39, 0.29) is 12.7 Å². The lowest BCUT2D eigenvalue weighted by atomic mass is 10.2. The summed E-state index contributed by atoms with van der Waals surface area (Å²) in [6.45, 7) is 1.36. The molecule has 0 spiro atoms. The summed E-state index contributed by atoms with van der Waals surface area (Å²) in [5.41, 5.74) is 2.64. The Morgan fingerprint density at radius 1 is 0.926 bits per heavy atom. The zero-order chi connectivity index (χ0) is 18.5. The molecule has 6 nitrogen and oxygen atoms in total. The second kappa shape index (κ2) is 7.78. The number of hydrogen-bond donors (Lipinski definition) is 2. The van der Waals surface area contributed by atoms with E-state index in [2.05, 4.69) is 15.6 Å². The molecule has 2 heterocycles. The molecule has 0 saturated heterocycles. The van der Waals surface area contributed by atoms with E-state index in [1.165, 1.54) is 0 Å². The minimum Gasteiger partial charge on any atom is -0.454 e. The van der Waals surface area contributed by atoms with Gasteiger partial charge < -0.3 is 20.1 Å². The molecule has 0 atom stereocenters. The second-order valence-electron chi connectivity index (χ2n) is 6.14. The standard InChI is InChI=1S/C21H19N3O3/c25-21(24-11-15-4-2-1-3-5-15)17-7-9-20(23-13-17)22-12-16-6-8-18-19(10-16)27-14-26-18/h1-10,13H,11-12,14H2,(H,22,23)(H,24,25). The normalized spacial score (nSPS) is 11.9. The monoisotopic (exact) mass is 361 g/mol. The Morgan fingerprint density at radius 3 is 2.59 bits per heavy atom. The Morgan fingerprint density at radius 2 is 1.78 bits per heavy atom. The van der Waals surface area contributed by atoms with Crippen LogP contribution in [0.15, 0.2) is 66.9 Å². The van der Waals surface area contributed by atoms with Gasteiger partial charge >= 0.3 is 0 Å². The van der Waals surface area contributed by atoms with Gasteiger partial charge in [0.15, 0.2) is 11.5 Å². The molecule has 0 unspecified atom stereocenters. The number of amides is 1. The van der Waals surface area contributed by atoms with Crippen molar-refractivity contribution < 1.29 is 14.3 Å². The van der Waals surface area contributed by atoms with Crippen molar-refractivity contribution in [3.63, 3.8) is 0 Å². The molecule has 0 bridgehead atoms. The maximum atomic E-state index is 12.2. The van der Waals surface area contributed by atoms with Gasteiger partial charge in [-0.05, 0) is 35.4 Å². The number of carbonyl (C=O) groups is 1. The first-order chi connectivity index (χ1) is 13.3. The molecule has 0 aliphatic carbocycles. The summed E-state index contributed by atoms with van der Waals surface area (Å²) in [6.07, 6.45) is 1.57. The summed E-state index contributed by atoms with van der Waals surface area (Å²) in [4.78, 5) is 16.5. The fraction of sp³-hybridized carbons (Fsp3) is 0.143. The zero-order valence-corrected chi connectivity index (χ0v) is 14.6. The van der Waals surface area contributed by atoms with E-state index in [0.717, 1.165) is 22.6 Å². The molecule has 1 amide bonds. The minimum atomic E-state index is -0.145. The SMILES string of the molecule is O=C(NCc1ccccc1)c1ccc(NCc2ccc3c(c2)OCO3)nc1. The van der Waals surface area contributed by atoms with E-state index in [9.17, 15) is 4.79 Å². The summed E-state index contributed by atoms with van der Waals surface area (Å²) >= 11 is 0. The average Bonchev–Trinajstić information content (AvgIpc) is 3.19. The van der Waals surface area contributed by atoms with E-state index in [1.807, 2.05) is 48.5 Å². The molecule has 0 fully saturated rings. The molecular weight excluding hydrogens is 342 g/mol. The topological polar surface area (TPSA) is 72.5 Å². The van der Waals surface area contributed by atoms with Gasteiger partial charge in [0.25, 0.3) is 5.91 Å². The van der Waals surface area contributed by atoms with Crippen LogP contribution in [0.1, 0.15) is 21.5 Å². The van der Waals surface area contributed by atoms with E-state index < -0.39 is 0 Å². The number of fused-ring (bicyclic) bond motifs is 1. The highest BCUT2D eigenvalue weighted by molar-refractivity contribution is 5.94. The van der Waals surface area contributed by atoms with Gasteiger partial charge in [0.1, 0.15) is 5.82 Å². The molecule has 2 N–H and O–H groups in total. The quantitative estimate of drug-likeness (QED) is 0.704. The van der Waals surface area contributed by atoms with Crippen LogP contribution in [0.2, 0.25) is 0 Å². The Kier molecular flexibility index (Phi) is 4.87. The van der Waals surface area contributed by atoms with Gasteiger partial charge in [0, 0.05) is 19.3 Å². The number of carbonyl (C=O) groups excluding carboxylic acids is 1. The van der Waals surface area contributed by atoms with Crippen LogP contribution in [-0.2, 0) is 13.1 Å². The number of aromatic nitrogens is 1. The van der Waals surface area contributed by atoms with Gasteiger partial charge in [0.2, 0.25) is 6.79 Å². The first-order valence-corrected chi connectivity index (χ1v) is 8.68. The Balaban J connectivity index is 1.31. The number of pyridine rings is 1. The zero-order valence-electron chi connectivity index (χ0n) is 14.6. The fourth-order valence-corrected chi connectivity index (χ4v) is 2.76. The fourth-order valence-electron chi connectivity index (χ4n) is 2.76. The van der Waals surface area contributed by atoms with Gasteiger partial charge in [-0.1, -0.05) is 36.4 Å². The number of ether oxygens (including phenoxy) is 2. The molecule has 4 rings (SSSR count). The van der Waals surface area contributed by atoms with Crippen molar-refractivity contribution in [1.82, 2.24) is 10.3 Å². The molecule has 3 aromatic rings. The lowest BCUT2D eigenvalue weighted by molar-refractivity contribution is 0.0950. The van der Waals surface area contributed by atoms with E-state index in [4.69, 9.17) is 9.47 Å². The predicted molar refractivity (Wildman–Crippen MR) is 102 cm³/mol. The van der Waals surface area contributed by atoms with Gasteiger partial charge in [-0.25, -0.2) is 4.98 Å². The predicted octanol–water partition coefficient (Wildman–Crippen LogP) is 3.35. The number of nitrogens with one attached hydrogen (secondary N) is 2. The van der Waals surface area contributed by atoms with Crippen molar-refractivity contribution in [2.24, 2.45) is 0 Å². The third-order valence-electron chi connectivity index (χ3n) is 4.23. The van der Waals surface area contributed by atoms with Crippen LogP contribution in [0, 0.1) is 0 Å². The van der Waals surface area contributed by atoms with Crippen molar-refractivity contribution in [3.8, 4) is 11.5 Å². The molecule has 136 valence electrons. The number of anilines is 1. The number of hydrogen-bond acceptors (Lipinski definition) is 5. The molecule has 1 aliphatic rings. The van der Waals surface area contributed by atoms with Crippen molar-refractivity contribution >= 4 is 11.7 Å². The highest BCUT2D eigenvalue weighted by atomic mass is 16.7. The van der Waals surface area contributed by atoms with Gasteiger partial charge in [-0.3, -0.25) is 4.79 Å². The van der Waals surface area contributed by atoms with Crippen molar-refractivity contribution in [3.05, 3.63) is 83.6 Å². The minimum absolute atomic E-state index is 0.145. The van der Waals surface area contributed by atoms with E-state index in [1.54, 1.807) is 18.3 Å². The van der Waals surface area contributed by atoms with Crippen LogP contribution in [0.3, 0.4) is 0 Å². The largest absolute Gasteiger partial charge is 0.454 e. The van der Waals surface area contributed by atoms with Crippen molar-refractivity contribution in [2.75, 3.05) is 12.1 Å². The first kappa shape index (κ1) is 16.9. The average molecular weight is 361 g/mol. The highest BCUT2D eigenvalue weighted by Gasteiger charge is 2.13. The van der Waals surface area contributed by atoms with Gasteiger partial charge in [0.05, 0.1) is 5.56 Å². The molecule has 0 saturated carbocycles. The van der Waals surface area contributed by atoms with Crippen LogP contribution in [0.5, 0.6) is 11.5 Å². The molecule has 27 heavy (non-hydrogen) atoms. The smallest absolute Gasteiger partial charge is 0.253 e. The lowest BCUT2D eigenvalue weighted by Gasteiger charge is -2.08.